The maximum Gasteiger partial charge on any atom is 0.261 e. The van der Waals surface area contributed by atoms with Gasteiger partial charge >= 0.3 is 0 Å². The first-order valence-electron chi connectivity index (χ1n) is 7.89. The summed E-state index contributed by atoms with van der Waals surface area (Å²) in [4.78, 5) is 16.2. The molecule has 0 amide bonds. The fourth-order valence-electron chi connectivity index (χ4n) is 2.57. The van der Waals surface area contributed by atoms with Crippen LogP contribution in [-0.4, -0.2) is 30.1 Å². The molecule has 2 heterocycles. The summed E-state index contributed by atoms with van der Waals surface area (Å²) >= 11 is 0. The van der Waals surface area contributed by atoms with Gasteiger partial charge < -0.3 is 5.11 Å². The van der Waals surface area contributed by atoms with E-state index in [9.17, 15) is 9.90 Å². The zero-order valence-corrected chi connectivity index (χ0v) is 13.8. The van der Waals surface area contributed by atoms with Crippen molar-refractivity contribution in [1.29, 1.82) is 0 Å². The van der Waals surface area contributed by atoms with Gasteiger partial charge in [0, 0.05) is 6.92 Å². The van der Waals surface area contributed by atoms with Crippen LogP contribution >= 0.6 is 0 Å². The van der Waals surface area contributed by atoms with E-state index in [0.717, 1.165) is 0 Å². The predicted molar refractivity (Wildman–Crippen MR) is 94.6 cm³/mol. The summed E-state index contributed by atoms with van der Waals surface area (Å²) in [5, 5.41) is 22.8. The molecule has 0 aliphatic heterocycles. The molecule has 2 aromatic carbocycles. The Morgan fingerprint density at radius 1 is 1.00 bits per heavy atom. The van der Waals surface area contributed by atoms with Crippen molar-refractivity contribution in [1.82, 2.24) is 19.2 Å². The van der Waals surface area contributed by atoms with Crippen molar-refractivity contribution in [3.05, 3.63) is 66.5 Å². The molecule has 0 atom stereocenters. The standard InChI is InChI=1S/C18H14N6O2/c1-12(25)15-22-24(14-10-6-3-7-11-14)18-19-17(26)16(23(15)18)21-20-13-8-4-2-5-9-13/h2-11,26H,1H3. The number of Topliss-reactive ketones (excluding diaryl/α,β-unsaturated/α-hetero) is 1. The van der Waals surface area contributed by atoms with Crippen LogP contribution in [0.3, 0.4) is 0 Å². The van der Waals surface area contributed by atoms with Gasteiger partial charge in [-0.3, -0.25) is 4.79 Å². The van der Waals surface area contributed by atoms with Crippen molar-refractivity contribution in [3.8, 4) is 11.6 Å². The molecule has 0 unspecified atom stereocenters. The van der Waals surface area contributed by atoms with Crippen LogP contribution in [0.1, 0.15) is 17.5 Å². The number of hydrogen-bond donors (Lipinski definition) is 1. The quantitative estimate of drug-likeness (QED) is 0.448. The van der Waals surface area contributed by atoms with E-state index in [0.29, 0.717) is 11.4 Å². The van der Waals surface area contributed by atoms with E-state index in [-0.39, 0.29) is 29.1 Å². The van der Waals surface area contributed by atoms with Crippen molar-refractivity contribution < 1.29 is 9.90 Å². The van der Waals surface area contributed by atoms with Crippen molar-refractivity contribution in [2.45, 2.75) is 6.92 Å². The number of carbonyl (C=O) groups excluding carboxylic acids is 1. The zero-order valence-electron chi connectivity index (χ0n) is 13.8. The van der Waals surface area contributed by atoms with Gasteiger partial charge in [0.25, 0.3) is 5.88 Å². The Morgan fingerprint density at radius 3 is 2.31 bits per heavy atom. The third-order valence-corrected chi connectivity index (χ3v) is 3.75. The molecule has 128 valence electrons. The highest BCUT2D eigenvalue weighted by atomic mass is 16.3. The molecule has 4 aromatic rings. The van der Waals surface area contributed by atoms with Gasteiger partial charge in [0.05, 0.1) is 11.4 Å². The summed E-state index contributed by atoms with van der Waals surface area (Å²) in [6.45, 7) is 1.40. The van der Waals surface area contributed by atoms with Gasteiger partial charge in [-0.25, -0.2) is 4.40 Å². The van der Waals surface area contributed by atoms with Crippen LogP contribution in [0.2, 0.25) is 0 Å². The number of nitrogens with zero attached hydrogens (tertiary/aromatic N) is 6. The number of fused-ring (bicyclic) bond motifs is 1. The lowest BCUT2D eigenvalue weighted by molar-refractivity contribution is 0.100. The van der Waals surface area contributed by atoms with Crippen molar-refractivity contribution >= 4 is 23.1 Å². The van der Waals surface area contributed by atoms with Crippen LogP contribution < -0.4 is 0 Å². The fourth-order valence-corrected chi connectivity index (χ4v) is 2.57. The molecule has 8 heteroatoms. The van der Waals surface area contributed by atoms with E-state index in [4.69, 9.17) is 0 Å². The zero-order chi connectivity index (χ0) is 18.1. The second kappa shape index (κ2) is 6.25. The van der Waals surface area contributed by atoms with Crippen LogP contribution in [0.4, 0.5) is 11.5 Å². The largest absolute Gasteiger partial charge is 0.491 e. The highest BCUT2D eigenvalue weighted by Gasteiger charge is 2.23. The van der Waals surface area contributed by atoms with Gasteiger partial charge in [-0.1, -0.05) is 36.4 Å². The maximum atomic E-state index is 12.1. The lowest BCUT2D eigenvalue weighted by Gasteiger charge is -1.98. The van der Waals surface area contributed by atoms with Crippen molar-refractivity contribution in [2.75, 3.05) is 0 Å². The SMILES string of the molecule is CC(=O)c1nn(-c2ccccc2)c2nc(O)c(N=Nc3ccccc3)n12. The van der Waals surface area contributed by atoms with Crippen LogP contribution in [0.5, 0.6) is 5.88 Å². The van der Waals surface area contributed by atoms with E-state index >= 15 is 0 Å². The number of aromatic nitrogens is 4. The second-order valence-corrected chi connectivity index (χ2v) is 5.56. The maximum absolute atomic E-state index is 12.1. The highest BCUT2D eigenvalue weighted by molar-refractivity contribution is 5.92. The number of imidazole rings is 1. The second-order valence-electron chi connectivity index (χ2n) is 5.56. The number of carbonyl (C=O) groups is 1. The van der Waals surface area contributed by atoms with Crippen molar-refractivity contribution in [2.24, 2.45) is 10.2 Å². The van der Waals surface area contributed by atoms with Crippen LogP contribution in [0.25, 0.3) is 11.5 Å². The molecule has 26 heavy (non-hydrogen) atoms. The molecule has 4 rings (SSSR count). The Kier molecular flexibility index (Phi) is 3.77. The first-order valence-corrected chi connectivity index (χ1v) is 7.89. The number of azo groups is 1. The lowest BCUT2D eigenvalue weighted by Crippen LogP contribution is -2.01. The summed E-state index contributed by atoms with van der Waals surface area (Å²) < 4.78 is 2.88. The topological polar surface area (TPSA) is 97.1 Å². The van der Waals surface area contributed by atoms with Gasteiger partial charge in [-0.2, -0.15) is 9.67 Å². The van der Waals surface area contributed by atoms with E-state index in [1.54, 1.807) is 12.1 Å². The molecule has 0 saturated heterocycles. The number of benzene rings is 2. The molecule has 0 aliphatic carbocycles. The fraction of sp³-hybridized carbons (Fsp3) is 0.0556. The Balaban J connectivity index is 1.92. The lowest BCUT2D eigenvalue weighted by atomic mass is 10.3. The molecular formula is C18H14N6O2. The normalized spacial score (nSPS) is 11.4. The van der Waals surface area contributed by atoms with Crippen LogP contribution in [-0.2, 0) is 0 Å². The average Bonchev–Trinajstić information content (AvgIpc) is 3.17. The first kappa shape index (κ1) is 15.7. The number of ketones is 1. The molecule has 0 radical (unpaired) electrons. The molecule has 0 bridgehead atoms. The summed E-state index contributed by atoms with van der Waals surface area (Å²) in [5.41, 5.74) is 1.32. The van der Waals surface area contributed by atoms with E-state index in [1.807, 2.05) is 48.5 Å². The summed E-state index contributed by atoms with van der Waals surface area (Å²) in [5.74, 6) is -0.164. The van der Waals surface area contributed by atoms with Gasteiger partial charge in [0.2, 0.25) is 17.4 Å². The van der Waals surface area contributed by atoms with Crippen molar-refractivity contribution in [3.63, 3.8) is 0 Å². The van der Waals surface area contributed by atoms with Gasteiger partial charge in [0.1, 0.15) is 0 Å². The Morgan fingerprint density at radius 2 is 1.65 bits per heavy atom. The molecule has 2 aromatic heterocycles. The van der Waals surface area contributed by atoms with Gasteiger partial charge in [0.15, 0.2) is 5.78 Å². The molecule has 8 nitrogen and oxygen atoms in total. The minimum Gasteiger partial charge on any atom is -0.491 e. The minimum atomic E-state index is -0.325. The van der Waals surface area contributed by atoms with Gasteiger partial charge in [-0.15, -0.1) is 15.3 Å². The third kappa shape index (κ3) is 2.63. The van der Waals surface area contributed by atoms with Crippen LogP contribution in [0.15, 0.2) is 70.9 Å². The molecule has 0 fully saturated rings. The Bertz CT molecular complexity index is 1110. The summed E-state index contributed by atoms with van der Waals surface area (Å²) in [7, 11) is 0. The van der Waals surface area contributed by atoms with E-state index < -0.39 is 0 Å². The Hall–Kier alpha value is -3.81. The third-order valence-electron chi connectivity index (χ3n) is 3.75. The number of rotatable bonds is 4. The molecule has 0 saturated carbocycles. The van der Waals surface area contributed by atoms with Crippen LogP contribution in [0, 0.1) is 0 Å². The number of para-hydroxylation sites is 1. The highest BCUT2D eigenvalue weighted by Crippen LogP contribution is 2.31. The molecule has 1 N–H and O–H groups in total. The predicted octanol–water partition coefficient (Wildman–Crippen LogP) is 3.84. The number of hydrogen-bond acceptors (Lipinski definition) is 6. The van der Waals surface area contributed by atoms with Gasteiger partial charge in [-0.05, 0) is 24.3 Å². The number of aromatic hydroxyl groups is 1. The summed E-state index contributed by atoms with van der Waals surface area (Å²) in [6.07, 6.45) is 0. The Labute approximate surface area is 148 Å². The minimum absolute atomic E-state index is 0.0521. The monoisotopic (exact) mass is 346 g/mol. The van der Waals surface area contributed by atoms with E-state index in [1.165, 1.54) is 16.0 Å². The average molecular weight is 346 g/mol. The molecule has 0 spiro atoms. The first-order chi connectivity index (χ1) is 12.6. The molecular weight excluding hydrogens is 332 g/mol. The smallest absolute Gasteiger partial charge is 0.261 e. The molecule has 0 aliphatic rings. The van der Waals surface area contributed by atoms with E-state index in [2.05, 4.69) is 20.3 Å². The summed E-state index contributed by atoms with van der Waals surface area (Å²) in [6, 6.07) is 18.3.